The van der Waals surface area contributed by atoms with Crippen LogP contribution in [0.5, 0.6) is 0 Å². The van der Waals surface area contributed by atoms with E-state index in [9.17, 15) is 54.0 Å². The van der Waals surface area contributed by atoms with E-state index in [0.29, 0.717) is 12.1 Å². The van der Waals surface area contributed by atoms with Gasteiger partial charge < -0.3 is 4.84 Å². The van der Waals surface area contributed by atoms with Gasteiger partial charge in [-0.15, -0.1) is 0 Å². The number of hydrogen-bond acceptors (Lipinski definition) is 4. The molecule has 0 N–H and O–H groups in total. The van der Waals surface area contributed by atoms with Crippen LogP contribution in [0.3, 0.4) is 0 Å². The fourth-order valence-electron chi connectivity index (χ4n) is 3.08. The first kappa shape index (κ1) is 24.3. The Morgan fingerprint density at radius 2 is 1.45 bits per heavy atom. The van der Waals surface area contributed by atoms with Gasteiger partial charge in [0.15, 0.2) is 0 Å². The number of alkyl halides is 9. The van der Waals surface area contributed by atoms with Crippen LogP contribution in [-0.4, -0.2) is 16.8 Å². The molecule has 0 spiro atoms. The fourth-order valence-corrected chi connectivity index (χ4v) is 3.08. The van der Waals surface area contributed by atoms with E-state index in [0.717, 1.165) is 6.07 Å². The van der Waals surface area contributed by atoms with Crippen LogP contribution in [0.25, 0.3) is 0 Å². The summed E-state index contributed by atoms with van der Waals surface area (Å²) in [6, 6.07) is 1.20. The summed E-state index contributed by atoms with van der Waals surface area (Å²) < 4.78 is 134. The Hall–Kier alpha value is -3.39. The van der Waals surface area contributed by atoms with Gasteiger partial charge in [0.25, 0.3) is 5.60 Å². The lowest BCUT2D eigenvalue weighted by Crippen LogP contribution is -2.43. The third-order valence-electron chi connectivity index (χ3n) is 4.72. The lowest BCUT2D eigenvalue weighted by Gasteiger charge is -2.30. The standard InChI is InChI=1S/C18H8F10N2O3/c19-12-2-1-8(3-14(12)30(31)32)13-7-15(33-29-13,18(26,27)28)9-4-10(16(20,21)22)6-11(5-9)17(23,24)25/h1-6H,7H2. The molecule has 3 rings (SSSR count). The highest BCUT2D eigenvalue weighted by Crippen LogP contribution is 2.51. The minimum atomic E-state index is -5.57. The van der Waals surface area contributed by atoms with Crippen molar-refractivity contribution < 1.29 is 53.7 Å². The lowest BCUT2D eigenvalue weighted by atomic mass is 9.84. The van der Waals surface area contributed by atoms with E-state index in [1.807, 2.05) is 0 Å². The highest BCUT2D eigenvalue weighted by molar-refractivity contribution is 6.02. The summed E-state index contributed by atoms with van der Waals surface area (Å²) >= 11 is 0. The summed E-state index contributed by atoms with van der Waals surface area (Å²) in [5, 5.41) is 14.0. The molecule has 33 heavy (non-hydrogen) atoms. The quantitative estimate of drug-likeness (QED) is 0.286. The van der Waals surface area contributed by atoms with Crippen molar-refractivity contribution in [2.45, 2.75) is 30.6 Å². The molecule has 0 bridgehead atoms. The molecule has 2 aromatic carbocycles. The summed E-state index contributed by atoms with van der Waals surface area (Å²) in [7, 11) is 0. The van der Waals surface area contributed by atoms with E-state index in [-0.39, 0.29) is 18.2 Å². The zero-order chi connectivity index (χ0) is 25.0. The first-order chi connectivity index (χ1) is 15.0. The maximum atomic E-state index is 14.0. The second-order valence-electron chi connectivity index (χ2n) is 6.85. The average Bonchev–Trinajstić information content (AvgIpc) is 3.13. The normalized spacial score (nSPS) is 19.3. The fraction of sp³-hybridized carbons (Fsp3) is 0.278. The van der Waals surface area contributed by atoms with Gasteiger partial charge >= 0.3 is 24.2 Å². The van der Waals surface area contributed by atoms with Crippen molar-refractivity contribution >= 4 is 11.4 Å². The molecule has 0 radical (unpaired) electrons. The number of nitro groups is 1. The SMILES string of the molecule is O=[N+]([O-])c1cc(C2=NOC(c3cc(C(F)(F)F)cc(C(F)(F)F)c3)(C(F)(F)F)C2)ccc1F. The Morgan fingerprint density at radius 1 is 0.909 bits per heavy atom. The molecule has 0 amide bonds. The summed E-state index contributed by atoms with van der Waals surface area (Å²) in [5.74, 6) is -1.34. The molecule has 0 aliphatic carbocycles. The maximum absolute atomic E-state index is 14.0. The highest BCUT2D eigenvalue weighted by atomic mass is 19.4. The van der Waals surface area contributed by atoms with E-state index in [1.54, 1.807) is 0 Å². The number of rotatable bonds is 3. The number of benzene rings is 2. The predicted octanol–water partition coefficient (Wildman–Crippen LogP) is 6.35. The number of oxime groups is 1. The van der Waals surface area contributed by atoms with Crippen LogP contribution in [0.1, 0.15) is 28.7 Å². The van der Waals surface area contributed by atoms with Gasteiger partial charge in [0.05, 0.1) is 21.8 Å². The Balaban J connectivity index is 2.16. The van der Waals surface area contributed by atoms with Crippen molar-refractivity contribution in [3.8, 4) is 0 Å². The van der Waals surface area contributed by atoms with Gasteiger partial charge in [-0.25, -0.2) is 0 Å². The summed E-state index contributed by atoms with van der Waals surface area (Å²) in [5.41, 5.74) is -11.6. The van der Waals surface area contributed by atoms with E-state index < -0.39 is 74.9 Å². The average molecular weight is 490 g/mol. The number of halogens is 10. The number of nitro benzene ring substituents is 1. The molecule has 0 saturated carbocycles. The Morgan fingerprint density at radius 3 is 1.91 bits per heavy atom. The van der Waals surface area contributed by atoms with Gasteiger partial charge in [0.2, 0.25) is 5.82 Å². The molecule has 0 fully saturated rings. The molecule has 0 aromatic heterocycles. The zero-order valence-corrected chi connectivity index (χ0v) is 15.6. The van der Waals surface area contributed by atoms with Crippen molar-refractivity contribution in [3.05, 3.63) is 74.6 Å². The van der Waals surface area contributed by atoms with Crippen molar-refractivity contribution in [3.63, 3.8) is 0 Å². The summed E-state index contributed by atoms with van der Waals surface area (Å²) in [4.78, 5) is 14.1. The van der Waals surface area contributed by atoms with Crippen molar-refractivity contribution in [2.75, 3.05) is 0 Å². The summed E-state index contributed by atoms with van der Waals surface area (Å²) in [6.07, 6.45) is -17.9. The first-order valence-electron chi connectivity index (χ1n) is 8.52. The molecule has 1 aliphatic rings. The molecule has 1 atom stereocenters. The van der Waals surface area contributed by atoms with Gasteiger partial charge in [-0.3, -0.25) is 10.1 Å². The smallest absolute Gasteiger partial charge is 0.374 e. The summed E-state index contributed by atoms with van der Waals surface area (Å²) in [6.45, 7) is 0. The molecular formula is C18H8F10N2O3. The molecular weight excluding hydrogens is 482 g/mol. The Kier molecular flexibility index (Phi) is 5.58. The molecule has 0 saturated heterocycles. The van der Waals surface area contributed by atoms with Crippen LogP contribution in [0.15, 0.2) is 41.6 Å². The Labute approximate surface area is 176 Å². The minimum absolute atomic E-state index is 0.145. The topological polar surface area (TPSA) is 64.7 Å². The number of nitrogens with zero attached hydrogens (tertiary/aromatic N) is 2. The monoisotopic (exact) mass is 490 g/mol. The molecule has 1 heterocycles. The maximum Gasteiger partial charge on any atom is 0.435 e. The van der Waals surface area contributed by atoms with Crippen LogP contribution in [0, 0.1) is 15.9 Å². The Bertz CT molecular complexity index is 1110. The van der Waals surface area contributed by atoms with Crippen LogP contribution in [-0.2, 0) is 22.8 Å². The van der Waals surface area contributed by atoms with Crippen molar-refractivity contribution in [1.82, 2.24) is 0 Å². The van der Waals surface area contributed by atoms with Gasteiger partial charge in [-0.2, -0.15) is 43.9 Å². The molecule has 178 valence electrons. The lowest BCUT2D eigenvalue weighted by molar-refractivity contribution is -0.387. The minimum Gasteiger partial charge on any atom is -0.374 e. The number of hydrogen-bond donors (Lipinski definition) is 0. The highest BCUT2D eigenvalue weighted by Gasteiger charge is 2.63. The van der Waals surface area contributed by atoms with E-state index >= 15 is 0 Å². The van der Waals surface area contributed by atoms with Crippen molar-refractivity contribution in [1.29, 1.82) is 0 Å². The van der Waals surface area contributed by atoms with Gasteiger partial charge in [0, 0.05) is 23.6 Å². The predicted molar refractivity (Wildman–Crippen MR) is 89.5 cm³/mol. The first-order valence-corrected chi connectivity index (χ1v) is 8.52. The van der Waals surface area contributed by atoms with Gasteiger partial charge in [-0.05, 0) is 30.3 Å². The van der Waals surface area contributed by atoms with Crippen molar-refractivity contribution in [2.24, 2.45) is 5.16 Å². The van der Waals surface area contributed by atoms with Crippen LogP contribution < -0.4 is 0 Å². The zero-order valence-electron chi connectivity index (χ0n) is 15.6. The molecule has 2 aromatic rings. The third-order valence-corrected chi connectivity index (χ3v) is 4.72. The second kappa shape index (κ2) is 7.59. The van der Waals surface area contributed by atoms with Crippen LogP contribution in [0.2, 0.25) is 0 Å². The van der Waals surface area contributed by atoms with Crippen LogP contribution >= 0.6 is 0 Å². The van der Waals surface area contributed by atoms with E-state index in [4.69, 9.17) is 0 Å². The largest absolute Gasteiger partial charge is 0.435 e. The van der Waals surface area contributed by atoms with Gasteiger partial charge in [0.1, 0.15) is 0 Å². The van der Waals surface area contributed by atoms with Crippen LogP contribution in [0.4, 0.5) is 49.6 Å². The molecule has 1 aliphatic heterocycles. The second-order valence-corrected chi connectivity index (χ2v) is 6.85. The van der Waals surface area contributed by atoms with E-state index in [1.165, 1.54) is 0 Å². The molecule has 15 heteroatoms. The van der Waals surface area contributed by atoms with E-state index in [2.05, 4.69) is 9.99 Å². The molecule has 5 nitrogen and oxygen atoms in total. The molecule has 1 unspecified atom stereocenters. The van der Waals surface area contributed by atoms with Gasteiger partial charge in [-0.1, -0.05) is 5.16 Å². The third kappa shape index (κ3) is 4.43.